The normalized spacial score (nSPS) is 28.3. The molecule has 2 aromatic heterocycles. The summed E-state index contributed by atoms with van der Waals surface area (Å²) >= 11 is 7.81. The molecule has 0 unspecified atom stereocenters. The summed E-state index contributed by atoms with van der Waals surface area (Å²) in [5, 5.41) is 3.73. The lowest BCUT2D eigenvalue weighted by molar-refractivity contribution is -0.137. The zero-order valence-corrected chi connectivity index (χ0v) is 18.1. The molecule has 3 aliphatic rings. The Bertz CT molecular complexity index is 1100. The first-order chi connectivity index (χ1) is 14.7. The number of hydrogen-bond donors (Lipinski definition) is 0. The molecule has 0 bridgehead atoms. The highest BCUT2D eigenvalue weighted by molar-refractivity contribution is 7.12. The molecule has 7 heteroatoms. The summed E-state index contributed by atoms with van der Waals surface area (Å²) in [5.74, 6) is 0.677. The third-order valence-corrected chi connectivity index (χ3v) is 8.14. The molecule has 154 valence electrons. The first-order valence-corrected chi connectivity index (χ1v) is 11.8. The summed E-state index contributed by atoms with van der Waals surface area (Å²) in [6.07, 6.45) is 7.02. The van der Waals surface area contributed by atoms with Crippen molar-refractivity contribution in [3.63, 3.8) is 0 Å². The van der Waals surface area contributed by atoms with Gasteiger partial charge in [-0.25, -0.2) is 4.98 Å². The van der Waals surface area contributed by atoms with E-state index in [1.54, 1.807) is 11.3 Å². The van der Waals surface area contributed by atoms with Gasteiger partial charge in [0.15, 0.2) is 5.13 Å². The predicted octanol–water partition coefficient (Wildman–Crippen LogP) is 4.53. The number of aromatic nitrogens is 2. The lowest BCUT2D eigenvalue weighted by Gasteiger charge is -2.33. The van der Waals surface area contributed by atoms with Gasteiger partial charge in [0.1, 0.15) is 5.54 Å². The topological polar surface area (TPSA) is 41.4 Å². The number of rotatable bonds is 4. The lowest BCUT2D eigenvalue weighted by Crippen LogP contribution is -2.49. The Kier molecular flexibility index (Phi) is 4.30. The third-order valence-electron chi connectivity index (χ3n) is 7.14. The van der Waals surface area contributed by atoms with Gasteiger partial charge in [0.2, 0.25) is 5.91 Å². The van der Waals surface area contributed by atoms with E-state index in [4.69, 9.17) is 11.6 Å². The molecule has 3 fully saturated rings. The molecule has 3 atom stereocenters. The van der Waals surface area contributed by atoms with E-state index in [1.807, 2.05) is 29.8 Å². The van der Waals surface area contributed by atoms with E-state index in [1.165, 1.54) is 5.69 Å². The molecule has 0 aliphatic carbocycles. The van der Waals surface area contributed by atoms with E-state index in [0.717, 1.165) is 48.1 Å². The minimum absolute atomic E-state index is 0.272. The van der Waals surface area contributed by atoms with E-state index < -0.39 is 0 Å². The predicted molar refractivity (Wildman–Crippen MR) is 118 cm³/mol. The molecule has 3 aliphatic heterocycles. The van der Waals surface area contributed by atoms with Crippen molar-refractivity contribution in [2.45, 2.75) is 37.4 Å². The maximum atomic E-state index is 13.7. The fourth-order valence-corrected chi connectivity index (χ4v) is 6.88. The summed E-state index contributed by atoms with van der Waals surface area (Å²) in [6, 6.07) is 12.4. The maximum absolute atomic E-state index is 13.7. The second-order valence-corrected chi connectivity index (χ2v) is 9.91. The highest BCUT2D eigenvalue weighted by Gasteiger charge is 2.65. The molecule has 1 aromatic carbocycles. The van der Waals surface area contributed by atoms with Crippen molar-refractivity contribution >= 4 is 28.8 Å². The Labute approximate surface area is 184 Å². The van der Waals surface area contributed by atoms with E-state index in [2.05, 4.69) is 43.7 Å². The van der Waals surface area contributed by atoms with Gasteiger partial charge in [-0.1, -0.05) is 23.7 Å². The molecule has 3 aromatic rings. The van der Waals surface area contributed by atoms with Gasteiger partial charge < -0.3 is 4.90 Å². The van der Waals surface area contributed by atoms with Crippen LogP contribution in [-0.4, -0.2) is 43.9 Å². The number of halogens is 1. The van der Waals surface area contributed by atoms with Gasteiger partial charge in [-0.05, 0) is 55.6 Å². The van der Waals surface area contributed by atoms with Crippen molar-refractivity contribution in [2.75, 3.05) is 13.1 Å². The fourth-order valence-electron chi connectivity index (χ4n) is 6.03. The smallest absolute Gasteiger partial charge is 0.243 e. The second-order valence-electron chi connectivity index (χ2n) is 8.60. The molecule has 0 N–H and O–H groups in total. The highest BCUT2D eigenvalue weighted by atomic mass is 35.5. The Hall–Kier alpha value is -2.15. The average Bonchev–Trinajstić information content (AvgIpc) is 3.51. The molecule has 0 saturated carbocycles. The van der Waals surface area contributed by atoms with Crippen LogP contribution in [0.2, 0.25) is 5.02 Å². The number of likely N-dealkylation sites (tertiary alicyclic amines) is 1. The number of amides is 1. The first kappa shape index (κ1) is 18.6. The van der Waals surface area contributed by atoms with Gasteiger partial charge in [-0.15, -0.1) is 11.3 Å². The van der Waals surface area contributed by atoms with Crippen molar-refractivity contribution < 1.29 is 4.79 Å². The first-order valence-electron chi connectivity index (χ1n) is 10.5. The molecule has 5 heterocycles. The number of nitrogens with zero attached hydrogens (tertiary/aromatic N) is 4. The second kappa shape index (κ2) is 6.94. The van der Waals surface area contributed by atoms with Crippen molar-refractivity contribution in [2.24, 2.45) is 5.92 Å². The summed E-state index contributed by atoms with van der Waals surface area (Å²) in [7, 11) is 0. The SMILES string of the molecule is O=C1N(Cc2cccc(Cl)c2)C[C@@H]2C[C@@H](c3cccn3-c3nccs3)N3CCC[C@@]123. The van der Waals surface area contributed by atoms with Gasteiger partial charge in [-0.3, -0.25) is 14.3 Å². The number of thiazole rings is 1. The van der Waals surface area contributed by atoms with Crippen LogP contribution in [0.4, 0.5) is 0 Å². The van der Waals surface area contributed by atoms with Crippen LogP contribution >= 0.6 is 22.9 Å². The van der Waals surface area contributed by atoms with E-state index in [9.17, 15) is 4.79 Å². The fraction of sp³-hybridized carbons (Fsp3) is 0.391. The summed E-state index contributed by atoms with van der Waals surface area (Å²) in [5.41, 5.74) is 2.03. The van der Waals surface area contributed by atoms with Gasteiger partial charge >= 0.3 is 0 Å². The van der Waals surface area contributed by atoms with Crippen LogP contribution in [0.3, 0.4) is 0 Å². The summed E-state index contributed by atoms with van der Waals surface area (Å²) < 4.78 is 2.20. The number of carbonyl (C=O) groups is 1. The van der Waals surface area contributed by atoms with Gasteiger partial charge in [0, 0.05) is 47.5 Å². The van der Waals surface area contributed by atoms with Gasteiger partial charge in [0.25, 0.3) is 0 Å². The molecule has 5 nitrogen and oxygen atoms in total. The van der Waals surface area contributed by atoms with Crippen LogP contribution < -0.4 is 0 Å². The van der Waals surface area contributed by atoms with Gasteiger partial charge in [0.05, 0.1) is 6.04 Å². The van der Waals surface area contributed by atoms with Crippen LogP contribution in [0.25, 0.3) is 5.13 Å². The zero-order valence-electron chi connectivity index (χ0n) is 16.6. The lowest BCUT2D eigenvalue weighted by atomic mass is 9.85. The Morgan fingerprint density at radius 3 is 3.03 bits per heavy atom. The van der Waals surface area contributed by atoms with Crippen LogP contribution in [0.5, 0.6) is 0 Å². The summed E-state index contributed by atoms with van der Waals surface area (Å²) in [4.78, 5) is 22.8. The molecule has 0 radical (unpaired) electrons. The molecule has 6 rings (SSSR count). The van der Waals surface area contributed by atoms with Crippen molar-refractivity contribution in [3.05, 3.63) is 70.5 Å². The molecule has 1 spiro atoms. The van der Waals surface area contributed by atoms with Crippen molar-refractivity contribution in [3.8, 4) is 5.13 Å². The zero-order chi connectivity index (χ0) is 20.3. The number of benzene rings is 1. The number of hydrogen-bond acceptors (Lipinski definition) is 4. The van der Waals surface area contributed by atoms with Crippen LogP contribution in [0, 0.1) is 5.92 Å². The van der Waals surface area contributed by atoms with E-state index in [0.29, 0.717) is 18.4 Å². The monoisotopic (exact) mass is 438 g/mol. The highest BCUT2D eigenvalue weighted by Crippen LogP contribution is 2.56. The molecule has 1 amide bonds. The van der Waals surface area contributed by atoms with Crippen LogP contribution in [0.15, 0.2) is 54.2 Å². The summed E-state index contributed by atoms with van der Waals surface area (Å²) in [6.45, 7) is 2.46. The minimum Gasteiger partial charge on any atom is -0.336 e. The van der Waals surface area contributed by atoms with E-state index >= 15 is 0 Å². The molecule has 30 heavy (non-hydrogen) atoms. The number of carbonyl (C=O) groups excluding carboxylic acids is 1. The minimum atomic E-state index is -0.332. The quantitative estimate of drug-likeness (QED) is 0.601. The Balaban J connectivity index is 1.31. The van der Waals surface area contributed by atoms with E-state index in [-0.39, 0.29) is 11.6 Å². The van der Waals surface area contributed by atoms with Crippen molar-refractivity contribution in [1.29, 1.82) is 0 Å². The maximum Gasteiger partial charge on any atom is 0.243 e. The molecular weight excluding hydrogens is 416 g/mol. The average molecular weight is 439 g/mol. The Morgan fingerprint density at radius 1 is 1.27 bits per heavy atom. The Morgan fingerprint density at radius 2 is 2.20 bits per heavy atom. The standard InChI is InChI=1S/C23H23ClN4OS/c24-18-5-1-4-16(12-18)14-26-15-17-13-20(28-10-3-7-23(17,28)21(26)29)19-6-2-9-27(19)22-25-8-11-30-22/h1-2,4-6,8-9,11-12,17,20H,3,7,10,13-15H2/t17-,20-,23-/m0/s1. The largest absolute Gasteiger partial charge is 0.336 e. The van der Waals surface area contributed by atoms with Crippen molar-refractivity contribution in [1.82, 2.24) is 19.4 Å². The molecule has 3 saturated heterocycles. The third kappa shape index (κ3) is 2.63. The van der Waals surface area contributed by atoms with Crippen LogP contribution in [-0.2, 0) is 11.3 Å². The van der Waals surface area contributed by atoms with Crippen LogP contribution in [0.1, 0.15) is 36.6 Å². The van der Waals surface area contributed by atoms with Gasteiger partial charge in [-0.2, -0.15) is 0 Å². The molecular formula is C23H23ClN4OS.